The molecule has 20 heavy (non-hydrogen) atoms. The first-order valence-electron chi connectivity index (χ1n) is 7.05. The van der Waals surface area contributed by atoms with Gasteiger partial charge in [-0.15, -0.1) is 0 Å². The van der Waals surface area contributed by atoms with Crippen LogP contribution in [0.1, 0.15) is 45.6 Å². The predicted octanol–water partition coefficient (Wildman–Crippen LogP) is 3.32. The lowest BCUT2D eigenvalue weighted by Crippen LogP contribution is -2.53. The lowest BCUT2D eigenvalue weighted by Gasteiger charge is -2.32. The Bertz CT molecular complexity index is 462. The predicted molar refractivity (Wildman–Crippen MR) is 84.9 cm³/mol. The van der Waals surface area contributed by atoms with Crippen LogP contribution in [0, 0.1) is 5.92 Å². The molecular weight excluding hydrogens is 272 g/mol. The highest BCUT2D eigenvalue weighted by Crippen LogP contribution is 2.22. The van der Waals surface area contributed by atoms with Crippen LogP contribution in [0.15, 0.2) is 24.3 Å². The third-order valence-electron chi connectivity index (χ3n) is 3.48. The molecule has 2 unspecified atom stereocenters. The maximum absolute atomic E-state index is 12.4. The minimum absolute atomic E-state index is 0.0131. The van der Waals surface area contributed by atoms with E-state index >= 15 is 0 Å². The molecule has 0 saturated heterocycles. The summed E-state index contributed by atoms with van der Waals surface area (Å²) < 4.78 is 0. The number of carbonyl (C=O) groups is 1. The lowest BCUT2D eigenvalue weighted by atomic mass is 9.89. The first kappa shape index (κ1) is 17.0. The highest BCUT2D eigenvalue weighted by atomic mass is 35.5. The maximum atomic E-state index is 12.4. The number of hydrogen-bond donors (Lipinski definition) is 2. The van der Waals surface area contributed by atoms with Crippen LogP contribution in [0.2, 0.25) is 5.02 Å². The Labute approximate surface area is 126 Å². The minimum Gasteiger partial charge on any atom is -0.349 e. The number of rotatable bonds is 6. The molecule has 3 nitrogen and oxygen atoms in total. The zero-order valence-electron chi connectivity index (χ0n) is 12.7. The van der Waals surface area contributed by atoms with E-state index in [0.29, 0.717) is 17.5 Å². The van der Waals surface area contributed by atoms with Gasteiger partial charge in [0.2, 0.25) is 5.91 Å². The molecule has 0 bridgehead atoms. The van der Waals surface area contributed by atoms with E-state index in [1.165, 1.54) is 0 Å². The van der Waals surface area contributed by atoms with Crippen molar-refractivity contribution in [3.05, 3.63) is 34.9 Å². The van der Waals surface area contributed by atoms with Gasteiger partial charge in [-0.3, -0.25) is 4.79 Å². The number of nitrogens with one attached hydrogen (secondary N) is 1. The largest absolute Gasteiger partial charge is 0.349 e. The van der Waals surface area contributed by atoms with Crippen LogP contribution in [0.4, 0.5) is 0 Å². The molecule has 3 N–H and O–H groups in total. The quantitative estimate of drug-likeness (QED) is 0.846. The van der Waals surface area contributed by atoms with E-state index in [0.717, 1.165) is 12.0 Å². The Morgan fingerprint density at radius 2 is 2.05 bits per heavy atom. The number of amides is 1. The number of benzene rings is 1. The van der Waals surface area contributed by atoms with Crippen molar-refractivity contribution in [2.24, 2.45) is 11.7 Å². The lowest BCUT2D eigenvalue weighted by molar-refractivity contribution is -0.124. The number of hydrogen-bond acceptors (Lipinski definition) is 2. The smallest absolute Gasteiger partial charge is 0.227 e. The fourth-order valence-corrected chi connectivity index (χ4v) is 2.62. The molecule has 1 aromatic carbocycles. The van der Waals surface area contributed by atoms with Gasteiger partial charge >= 0.3 is 0 Å². The SMILES string of the molecule is CC(C)CC(C)(CN)NC(=O)C(C)c1cccc(Cl)c1. The molecular formula is C16H25ClN2O. The molecule has 1 aromatic rings. The second kappa shape index (κ2) is 7.09. The highest BCUT2D eigenvalue weighted by Gasteiger charge is 2.28. The van der Waals surface area contributed by atoms with E-state index in [1.54, 1.807) is 6.07 Å². The molecule has 1 rings (SSSR count). The van der Waals surface area contributed by atoms with Gasteiger partial charge in [-0.2, -0.15) is 0 Å². The van der Waals surface area contributed by atoms with Gasteiger partial charge in [0.1, 0.15) is 0 Å². The summed E-state index contributed by atoms with van der Waals surface area (Å²) in [7, 11) is 0. The van der Waals surface area contributed by atoms with Gasteiger partial charge in [-0.25, -0.2) is 0 Å². The maximum Gasteiger partial charge on any atom is 0.227 e. The molecule has 0 aromatic heterocycles. The summed E-state index contributed by atoms with van der Waals surface area (Å²) in [4.78, 5) is 12.4. The average molecular weight is 297 g/mol. The van der Waals surface area contributed by atoms with Crippen molar-refractivity contribution in [1.29, 1.82) is 0 Å². The van der Waals surface area contributed by atoms with Crippen LogP contribution in [0.5, 0.6) is 0 Å². The molecule has 0 saturated carbocycles. The van der Waals surface area contributed by atoms with Crippen molar-refractivity contribution in [2.75, 3.05) is 6.54 Å². The monoisotopic (exact) mass is 296 g/mol. The van der Waals surface area contributed by atoms with Crippen LogP contribution >= 0.6 is 11.6 Å². The molecule has 0 aliphatic carbocycles. The second-order valence-electron chi connectivity index (χ2n) is 6.13. The molecule has 1 amide bonds. The van der Waals surface area contributed by atoms with E-state index in [4.69, 9.17) is 17.3 Å². The number of carbonyl (C=O) groups excluding carboxylic acids is 1. The summed E-state index contributed by atoms with van der Waals surface area (Å²) >= 11 is 5.97. The number of halogens is 1. The summed E-state index contributed by atoms with van der Waals surface area (Å²) in [6.45, 7) is 8.56. The normalized spacial score (nSPS) is 15.8. The van der Waals surface area contributed by atoms with Crippen molar-refractivity contribution in [3.8, 4) is 0 Å². The van der Waals surface area contributed by atoms with Crippen LogP contribution in [0.25, 0.3) is 0 Å². The Kier molecular flexibility index (Phi) is 6.03. The minimum atomic E-state index is -0.363. The van der Waals surface area contributed by atoms with E-state index in [-0.39, 0.29) is 17.4 Å². The molecule has 2 atom stereocenters. The van der Waals surface area contributed by atoms with Crippen molar-refractivity contribution in [1.82, 2.24) is 5.32 Å². The first-order chi connectivity index (χ1) is 9.27. The van der Waals surface area contributed by atoms with E-state index in [9.17, 15) is 4.79 Å². The Balaban J connectivity index is 2.79. The average Bonchev–Trinajstić information content (AvgIpc) is 2.36. The van der Waals surface area contributed by atoms with E-state index in [1.807, 2.05) is 32.0 Å². The summed E-state index contributed by atoms with van der Waals surface area (Å²) in [5, 5.41) is 3.73. The van der Waals surface area contributed by atoms with Crippen molar-refractivity contribution in [3.63, 3.8) is 0 Å². The van der Waals surface area contributed by atoms with Crippen molar-refractivity contribution >= 4 is 17.5 Å². The van der Waals surface area contributed by atoms with Crippen LogP contribution in [-0.2, 0) is 4.79 Å². The zero-order valence-corrected chi connectivity index (χ0v) is 13.5. The Hall–Kier alpha value is -1.06. The molecule has 0 spiro atoms. The third-order valence-corrected chi connectivity index (χ3v) is 3.71. The van der Waals surface area contributed by atoms with Gasteiger partial charge in [-0.1, -0.05) is 37.6 Å². The Morgan fingerprint density at radius 1 is 1.40 bits per heavy atom. The van der Waals surface area contributed by atoms with Crippen LogP contribution in [-0.4, -0.2) is 18.0 Å². The summed E-state index contributed by atoms with van der Waals surface area (Å²) in [5.74, 6) is 0.220. The van der Waals surface area contributed by atoms with Crippen LogP contribution in [0.3, 0.4) is 0 Å². The first-order valence-corrected chi connectivity index (χ1v) is 7.43. The van der Waals surface area contributed by atoms with Gasteiger partial charge < -0.3 is 11.1 Å². The molecule has 0 aliphatic heterocycles. The van der Waals surface area contributed by atoms with Crippen molar-refractivity contribution < 1.29 is 4.79 Å². The van der Waals surface area contributed by atoms with E-state index in [2.05, 4.69) is 19.2 Å². The molecule has 0 fully saturated rings. The summed E-state index contributed by atoms with van der Waals surface area (Å²) in [6, 6.07) is 7.41. The van der Waals surface area contributed by atoms with Gasteiger partial charge in [-0.05, 0) is 43.9 Å². The van der Waals surface area contributed by atoms with Gasteiger partial charge in [0.25, 0.3) is 0 Å². The van der Waals surface area contributed by atoms with E-state index < -0.39 is 0 Å². The highest BCUT2D eigenvalue weighted by molar-refractivity contribution is 6.30. The zero-order chi connectivity index (χ0) is 15.3. The number of nitrogens with two attached hydrogens (primary N) is 1. The van der Waals surface area contributed by atoms with Crippen LogP contribution < -0.4 is 11.1 Å². The fourth-order valence-electron chi connectivity index (χ4n) is 2.42. The standard InChI is InChI=1S/C16H25ClN2O/c1-11(2)9-16(4,10-18)19-15(20)12(3)13-6-5-7-14(17)8-13/h5-8,11-12H,9-10,18H2,1-4H3,(H,19,20). The molecule has 0 heterocycles. The van der Waals surface area contributed by atoms with Crippen molar-refractivity contribution in [2.45, 2.75) is 45.6 Å². The molecule has 0 radical (unpaired) electrons. The van der Waals surface area contributed by atoms with Gasteiger partial charge in [0.05, 0.1) is 5.92 Å². The summed E-state index contributed by atoms with van der Waals surface area (Å²) in [5.41, 5.74) is 6.38. The Morgan fingerprint density at radius 3 is 2.55 bits per heavy atom. The molecule has 4 heteroatoms. The van der Waals surface area contributed by atoms with Gasteiger partial charge in [0, 0.05) is 17.1 Å². The summed E-state index contributed by atoms with van der Waals surface area (Å²) in [6.07, 6.45) is 0.859. The molecule has 112 valence electrons. The third kappa shape index (κ3) is 4.80. The topological polar surface area (TPSA) is 55.1 Å². The molecule has 0 aliphatic rings. The second-order valence-corrected chi connectivity index (χ2v) is 6.57. The fraction of sp³-hybridized carbons (Fsp3) is 0.562. The van der Waals surface area contributed by atoms with Gasteiger partial charge in [0.15, 0.2) is 0 Å².